The number of carbonyl (C=O) groups is 4. The first-order chi connectivity index (χ1) is 16.1. The van der Waals surface area contributed by atoms with Crippen molar-refractivity contribution in [3.05, 3.63) is 0 Å². The minimum atomic E-state index is -2.68. The number of ether oxygens (including phenoxy) is 2. The molecule has 1 atom stereocenters. The zero-order valence-corrected chi connectivity index (χ0v) is 21.4. The van der Waals surface area contributed by atoms with Gasteiger partial charge in [-0.25, -0.2) is 4.79 Å². The minimum Gasteiger partial charge on any atom is -0.479 e. The van der Waals surface area contributed by atoms with Gasteiger partial charge in [-0.05, 0) is 18.8 Å². The predicted octanol–water partition coefficient (Wildman–Crippen LogP) is 5.33. The maximum absolute atomic E-state index is 12.0. The van der Waals surface area contributed by atoms with Gasteiger partial charge in [-0.1, -0.05) is 91.4 Å². The second-order valence-corrected chi connectivity index (χ2v) is 9.58. The molecule has 2 N–H and O–H groups in total. The molecule has 0 saturated heterocycles. The highest BCUT2D eigenvalue weighted by Gasteiger charge is 2.42. The maximum atomic E-state index is 12.0. The Bertz CT molecular complexity index is 602. The van der Waals surface area contributed by atoms with E-state index >= 15 is 0 Å². The van der Waals surface area contributed by atoms with E-state index in [1.165, 1.54) is 25.7 Å². The second kappa shape index (κ2) is 19.4. The topological polar surface area (TPSA) is 127 Å². The minimum absolute atomic E-state index is 0.0426. The fourth-order valence-electron chi connectivity index (χ4n) is 3.55. The Hall–Kier alpha value is -1.96. The van der Waals surface area contributed by atoms with E-state index in [9.17, 15) is 29.4 Å². The van der Waals surface area contributed by atoms with Gasteiger partial charge in [0.2, 0.25) is 0 Å². The van der Waals surface area contributed by atoms with Crippen LogP contribution in [0.1, 0.15) is 124 Å². The van der Waals surface area contributed by atoms with Gasteiger partial charge in [0, 0.05) is 6.42 Å². The van der Waals surface area contributed by atoms with Crippen molar-refractivity contribution in [1.82, 2.24) is 0 Å². The van der Waals surface area contributed by atoms with Crippen LogP contribution in [0.25, 0.3) is 0 Å². The first-order valence-corrected chi connectivity index (χ1v) is 13.0. The summed E-state index contributed by atoms with van der Waals surface area (Å²) in [6.07, 6.45) is 11.3. The summed E-state index contributed by atoms with van der Waals surface area (Å²) < 4.78 is 9.63. The van der Waals surface area contributed by atoms with Crippen molar-refractivity contribution in [2.24, 2.45) is 5.92 Å². The number of unbranched alkanes of at least 4 members (excludes halogenated alkanes) is 10. The Morgan fingerprint density at radius 2 is 1.26 bits per heavy atom. The number of aliphatic hydroxyl groups is 1. The molecule has 0 aromatic rings. The van der Waals surface area contributed by atoms with Crippen molar-refractivity contribution >= 4 is 23.9 Å². The molecule has 0 bridgehead atoms. The summed E-state index contributed by atoms with van der Waals surface area (Å²) >= 11 is 0. The molecule has 0 fully saturated rings. The molecule has 0 aliphatic heterocycles. The molecule has 0 aromatic carbocycles. The third-order valence-electron chi connectivity index (χ3n) is 5.67. The van der Waals surface area contributed by atoms with Crippen LogP contribution in [0, 0.1) is 5.92 Å². The summed E-state index contributed by atoms with van der Waals surface area (Å²) in [6.45, 7) is 6.65. The Morgan fingerprint density at radius 3 is 1.85 bits per heavy atom. The number of hydrogen-bond acceptors (Lipinski definition) is 7. The van der Waals surface area contributed by atoms with Gasteiger partial charge in [0.05, 0.1) is 19.4 Å². The van der Waals surface area contributed by atoms with Crippen molar-refractivity contribution in [3.8, 4) is 0 Å². The molecule has 8 heteroatoms. The van der Waals surface area contributed by atoms with Gasteiger partial charge in [0.15, 0.2) is 5.60 Å². The van der Waals surface area contributed by atoms with Gasteiger partial charge in [-0.15, -0.1) is 0 Å². The summed E-state index contributed by atoms with van der Waals surface area (Å²) in [6, 6.07) is 0. The number of hydrogen-bond donors (Lipinski definition) is 2. The lowest BCUT2D eigenvalue weighted by Gasteiger charge is -2.21. The van der Waals surface area contributed by atoms with Crippen LogP contribution in [0.2, 0.25) is 0 Å². The summed E-state index contributed by atoms with van der Waals surface area (Å²) in [4.78, 5) is 47.1. The number of carbonyl (C=O) groups excluding carboxylic acids is 3. The van der Waals surface area contributed by atoms with Crippen LogP contribution in [0.4, 0.5) is 0 Å². The van der Waals surface area contributed by atoms with E-state index in [1.807, 2.05) is 0 Å². The van der Waals surface area contributed by atoms with Crippen molar-refractivity contribution in [3.63, 3.8) is 0 Å². The third kappa shape index (κ3) is 17.5. The van der Waals surface area contributed by atoms with E-state index in [1.54, 1.807) is 0 Å². The molecule has 1 unspecified atom stereocenters. The normalized spacial score (nSPS) is 12.9. The van der Waals surface area contributed by atoms with Crippen molar-refractivity contribution < 1.29 is 38.9 Å². The lowest BCUT2D eigenvalue weighted by atomic mass is 9.96. The molecule has 0 radical (unpaired) electrons. The average molecular weight is 487 g/mol. The average Bonchev–Trinajstić information content (AvgIpc) is 2.74. The Kier molecular flexibility index (Phi) is 18.2. The lowest BCUT2D eigenvalue weighted by Crippen LogP contribution is -2.43. The lowest BCUT2D eigenvalue weighted by molar-refractivity contribution is -0.175. The molecule has 0 rings (SSSR count). The van der Waals surface area contributed by atoms with Crippen LogP contribution in [0.15, 0.2) is 0 Å². The highest BCUT2D eigenvalue weighted by Crippen LogP contribution is 2.19. The highest BCUT2D eigenvalue weighted by atomic mass is 16.6. The number of aliphatic carboxylic acids is 1. The summed E-state index contributed by atoms with van der Waals surface area (Å²) in [5, 5.41) is 19.6. The van der Waals surface area contributed by atoms with Crippen molar-refractivity contribution in [2.75, 3.05) is 6.61 Å². The zero-order valence-electron chi connectivity index (χ0n) is 21.4. The van der Waals surface area contributed by atoms with E-state index in [0.29, 0.717) is 12.8 Å². The highest BCUT2D eigenvalue weighted by molar-refractivity contribution is 5.92. The van der Waals surface area contributed by atoms with Crippen molar-refractivity contribution in [1.29, 1.82) is 0 Å². The van der Waals surface area contributed by atoms with Crippen molar-refractivity contribution in [2.45, 2.75) is 129 Å². The van der Waals surface area contributed by atoms with E-state index in [0.717, 1.165) is 50.9 Å². The Morgan fingerprint density at radius 1 is 0.735 bits per heavy atom. The smallest absolute Gasteiger partial charge is 0.336 e. The molecule has 0 amide bonds. The van der Waals surface area contributed by atoms with Crippen LogP contribution >= 0.6 is 0 Å². The molecule has 0 saturated carbocycles. The zero-order chi connectivity index (χ0) is 25.8. The molecule has 0 spiro atoms. The van der Waals surface area contributed by atoms with E-state index < -0.39 is 42.3 Å². The van der Waals surface area contributed by atoms with Gasteiger partial charge in [0.25, 0.3) is 0 Å². The Labute approximate surface area is 204 Å². The van der Waals surface area contributed by atoms with Gasteiger partial charge in [-0.3, -0.25) is 14.4 Å². The molecule has 0 heterocycles. The molecular formula is C26H46O8. The van der Waals surface area contributed by atoms with Crippen LogP contribution < -0.4 is 0 Å². The molecule has 198 valence electrons. The Balaban J connectivity index is 4.14. The van der Waals surface area contributed by atoms with Crippen LogP contribution in [-0.2, 0) is 28.7 Å². The van der Waals surface area contributed by atoms with Crippen LogP contribution in [-0.4, -0.2) is 46.3 Å². The van der Waals surface area contributed by atoms with Crippen LogP contribution in [0.3, 0.4) is 0 Å². The number of carboxylic acid groups (broad SMARTS) is 1. The van der Waals surface area contributed by atoms with E-state index in [-0.39, 0.29) is 13.0 Å². The molecule has 0 aliphatic carbocycles. The molecule has 34 heavy (non-hydrogen) atoms. The third-order valence-corrected chi connectivity index (χ3v) is 5.67. The largest absolute Gasteiger partial charge is 0.479 e. The first kappa shape index (κ1) is 32.0. The number of rotatable bonds is 21. The van der Waals surface area contributed by atoms with E-state index in [4.69, 9.17) is 4.74 Å². The predicted molar refractivity (Wildman–Crippen MR) is 129 cm³/mol. The summed E-state index contributed by atoms with van der Waals surface area (Å²) in [7, 11) is 0. The molecular weight excluding hydrogens is 440 g/mol. The van der Waals surface area contributed by atoms with Gasteiger partial charge in [0.1, 0.15) is 0 Å². The SMILES string of the molecule is CCCCCCCC(=O)OC(=O)CC(O)(CC(=O)OCCCCCCCCCC(C)C)C(=O)O. The van der Waals surface area contributed by atoms with Gasteiger partial charge >= 0.3 is 23.9 Å². The van der Waals surface area contributed by atoms with Gasteiger partial charge < -0.3 is 19.7 Å². The number of esters is 3. The molecule has 0 aromatic heterocycles. The fourth-order valence-corrected chi connectivity index (χ4v) is 3.55. The second-order valence-electron chi connectivity index (χ2n) is 9.58. The molecule has 8 nitrogen and oxygen atoms in total. The number of carboxylic acids is 1. The summed E-state index contributed by atoms with van der Waals surface area (Å²) in [5.74, 6) is -3.85. The van der Waals surface area contributed by atoms with Crippen LogP contribution in [0.5, 0.6) is 0 Å². The van der Waals surface area contributed by atoms with E-state index in [2.05, 4.69) is 25.5 Å². The molecule has 0 aliphatic rings. The summed E-state index contributed by atoms with van der Waals surface area (Å²) in [5.41, 5.74) is -2.68. The monoisotopic (exact) mass is 486 g/mol. The maximum Gasteiger partial charge on any atom is 0.336 e. The van der Waals surface area contributed by atoms with Gasteiger partial charge in [-0.2, -0.15) is 0 Å². The standard InChI is InChI=1S/C26H46O8/c1-4-5-6-10-14-17-22(27)34-24(29)20-26(32,25(30)31)19-23(28)33-18-15-12-9-7-8-11-13-16-21(2)3/h21,32H,4-20H2,1-3H3,(H,30,31). The fraction of sp³-hybridized carbons (Fsp3) is 0.846. The first-order valence-electron chi connectivity index (χ1n) is 13.0. The quantitative estimate of drug-likeness (QED) is 0.127.